The predicted molar refractivity (Wildman–Crippen MR) is 121 cm³/mol. The van der Waals surface area contributed by atoms with E-state index < -0.39 is 10.0 Å². The first-order valence-corrected chi connectivity index (χ1v) is 12.7. The van der Waals surface area contributed by atoms with E-state index in [4.69, 9.17) is 0 Å². The van der Waals surface area contributed by atoms with Crippen LogP contribution in [0.4, 0.5) is 5.82 Å². The predicted octanol–water partition coefficient (Wildman–Crippen LogP) is 3.20. The molecule has 2 aliphatic rings. The lowest BCUT2D eigenvalue weighted by Gasteiger charge is -2.35. The maximum Gasteiger partial charge on any atom is 0.244 e. The Morgan fingerprint density at radius 3 is 2.71 bits per heavy atom. The van der Waals surface area contributed by atoms with E-state index in [1.165, 1.54) is 27.2 Å². The molecular formula is C22H23N5O2S2. The molecule has 1 aromatic carbocycles. The third-order valence-electron chi connectivity index (χ3n) is 6.24. The van der Waals surface area contributed by atoms with Crippen molar-refractivity contribution >= 4 is 37.4 Å². The third-order valence-corrected chi connectivity index (χ3v) is 9.35. The molecule has 0 saturated carbocycles. The van der Waals surface area contributed by atoms with Gasteiger partial charge in [0.15, 0.2) is 0 Å². The molecule has 7 nitrogen and oxygen atoms in total. The molecule has 0 amide bonds. The molecule has 1 atom stereocenters. The number of nitriles is 1. The summed E-state index contributed by atoms with van der Waals surface area (Å²) >= 11 is 1.77. The fourth-order valence-electron chi connectivity index (χ4n) is 4.56. The van der Waals surface area contributed by atoms with E-state index in [-0.39, 0.29) is 10.5 Å². The molecule has 3 aromatic rings. The average molecular weight is 454 g/mol. The van der Waals surface area contributed by atoms with Crippen LogP contribution >= 0.6 is 11.3 Å². The van der Waals surface area contributed by atoms with Crippen molar-refractivity contribution < 1.29 is 8.42 Å². The normalized spacial score (nSPS) is 19.9. The first kappa shape index (κ1) is 20.4. The van der Waals surface area contributed by atoms with Crippen LogP contribution in [0, 0.1) is 17.2 Å². The summed E-state index contributed by atoms with van der Waals surface area (Å²) in [6.45, 7) is 4.13. The molecule has 3 heterocycles. The first-order valence-electron chi connectivity index (χ1n) is 10.5. The lowest BCUT2D eigenvalue weighted by molar-refractivity contribution is 0.384. The van der Waals surface area contributed by atoms with E-state index in [1.54, 1.807) is 35.9 Å². The van der Waals surface area contributed by atoms with Crippen molar-refractivity contribution in [3.8, 4) is 6.07 Å². The van der Waals surface area contributed by atoms with Gasteiger partial charge in [-0.1, -0.05) is 19.1 Å². The molecule has 1 aliphatic heterocycles. The fraction of sp³-hybridized carbons (Fsp3) is 0.409. The number of fused-ring (bicyclic) bond motifs is 3. The van der Waals surface area contributed by atoms with E-state index in [1.807, 2.05) is 6.07 Å². The molecule has 2 aromatic heterocycles. The van der Waals surface area contributed by atoms with Crippen molar-refractivity contribution in [1.82, 2.24) is 14.3 Å². The number of hydrogen-bond donors (Lipinski definition) is 0. The van der Waals surface area contributed by atoms with Gasteiger partial charge in [0.1, 0.15) is 23.0 Å². The summed E-state index contributed by atoms with van der Waals surface area (Å²) in [4.78, 5) is 13.8. The van der Waals surface area contributed by atoms with E-state index >= 15 is 0 Å². The number of anilines is 1. The lowest BCUT2D eigenvalue weighted by atomic mass is 9.89. The van der Waals surface area contributed by atoms with Crippen LogP contribution in [0.25, 0.3) is 10.2 Å². The van der Waals surface area contributed by atoms with Crippen molar-refractivity contribution in [3.63, 3.8) is 0 Å². The Morgan fingerprint density at radius 2 is 1.94 bits per heavy atom. The summed E-state index contributed by atoms with van der Waals surface area (Å²) < 4.78 is 27.7. The molecule has 5 rings (SSSR count). The van der Waals surface area contributed by atoms with Crippen molar-refractivity contribution in [3.05, 3.63) is 46.6 Å². The molecule has 160 valence electrons. The second-order valence-electron chi connectivity index (χ2n) is 8.23. The van der Waals surface area contributed by atoms with Gasteiger partial charge in [-0.25, -0.2) is 18.4 Å². The molecule has 0 N–H and O–H groups in total. The highest BCUT2D eigenvalue weighted by atomic mass is 32.2. The van der Waals surface area contributed by atoms with Crippen LogP contribution in [0.15, 0.2) is 35.5 Å². The average Bonchev–Trinajstić information content (AvgIpc) is 3.16. The Morgan fingerprint density at radius 1 is 1.16 bits per heavy atom. The number of aromatic nitrogens is 2. The highest BCUT2D eigenvalue weighted by Gasteiger charge is 2.32. The zero-order valence-corrected chi connectivity index (χ0v) is 18.9. The van der Waals surface area contributed by atoms with Gasteiger partial charge in [-0.15, -0.1) is 11.3 Å². The summed E-state index contributed by atoms with van der Waals surface area (Å²) in [6, 6.07) is 8.38. The summed E-state index contributed by atoms with van der Waals surface area (Å²) in [6.07, 6.45) is 4.95. The van der Waals surface area contributed by atoms with Gasteiger partial charge in [0, 0.05) is 31.1 Å². The van der Waals surface area contributed by atoms with Crippen LogP contribution in [0.1, 0.15) is 29.3 Å². The second-order valence-corrected chi connectivity index (χ2v) is 11.2. The molecule has 0 bridgehead atoms. The molecule has 9 heteroatoms. The highest BCUT2D eigenvalue weighted by molar-refractivity contribution is 7.89. The molecule has 1 saturated heterocycles. The SMILES string of the molecule is CC1CCc2c(sc3ncnc(N4CCN(S(=O)(=O)c5ccccc5C#N)CC4)c23)C1. The van der Waals surface area contributed by atoms with Gasteiger partial charge in [-0.3, -0.25) is 0 Å². The Balaban J connectivity index is 1.42. The van der Waals surface area contributed by atoms with Crippen LogP contribution in [0.3, 0.4) is 0 Å². The van der Waals surface area contributed by atoms with Crippen molar-refractivity contribution in [2.24, 2.45) is 5.92 Å². The summed E-state index contributed by atoms with van der Waals surface area (Å²) in [5.74, 6) is 1.62. The maximum absolute atomic E-state index is 13.1. The number of benzene rings is 1. The summed E-state index contributed by atoms with van der Waals surface area (Å²) in [5, 5.41) is 10.5. The van der Waals surface area contributed by atoms with Gasteiger partial charge in [0.2, 0.25) is 10.0 Å². The summed E-state index contributed by atoms with van der Waals surface area (Å²) in [7, 11) is -3.71. The topological polar surface area (TPSA) is 90.2 Å². The van der Waals surface area contributed by atoms with E-state index in [9.17, 15) is 13.7 Å². The maximum atomic E-state index is 13.1. The summed E-state index contributed by atoms with van der Waals surface area (Å²) in [5.41, 5.74) is 1.56. The van der Waals surface area contributed by atoms with Crippen molar-refractivity contribution in [1.29, 1.82) is 5.26 Å². The van der Waals surface area contributed by atoms with Crippen molar-refractivity contribution in [2.75, 3.05) is 31.1 Å². The zero-order chi connectivity index (χ0) is 21.6. The standard InChI is InChI=1S/C22H23N5O2S2/c1-15-6-7-17-18(12-15)30-22-20(17)21(24-14-25-22)26-8-10-27(11-9-26)31(28,29)19-5-3-2-4-16(19)13-23/h2-5,14-15H,6-12H2,1H3. The number of nitrogens with zero attached hydrogens (tertiary/aromatic N) is 5. The molecule has 31 heavy (non-hydrogen) atoms. The van der Waals surface area contributed by atoms with Gasteiger partial charge in [-0.2, -0.15) is 9.57 Å². The third kappa shape index (κ3) is 3.49. The van der Waals surface area contributed by atoms with Gasteiger partial charge < -0.3 is 4.90 Å². The molecule has 0 radical (unpaired) electrons. The zero-order valence-electron chi connectivity index (χ0n) is 17.3. The van der Waals surface area contributed by atoms with Crippen LogP contribution in [0.2, 0.25) is 0 Å². The Labute approximate surface area is 186 Å². The number of piperazine rings is 1. The minimum Gasteiger partial charge on any atom is -0.353 e. The molecule has 1 unspecified atom stereocenters. The Hall–Kier alpha value is -2.54. The number of aryl methyl sites for hydroxylation is 1. The molecule has 0 spiro atoms. The minimum atomic E-state index is -3.71. The van der Waals surface area contributed by atoms with Crippen LogP contribution in [-0.4, -0.2) is 48.9 Å². The molecule has 1 aliphatic carbocycles. The number of thiophene rings is 1. The van der Waals surface area contributed by atoms with Crippen LogP contribution < -0.4 is 4.90 Å². The van der Waals surface area contributed by atoms with E-state index in [2.05, 4.69) is 21.8 Å². The van der Waals surface area contributed by atoms with Gasteiger partial charge in [-0.05, 0) is 42.9 Å². The van der Waals surface area contributed by atoms with E-state index in [0.29, 0.717) is 32.1 Å². The number of hydrogen-bond acceptors (Lipinski definition) is 7. The van der Waals surface area contributed by atoms with Crippen molar-refractivity contribution in [2.45, 2.75) is 31.1 Å². The number of sulfonamides is 1. The monoisotopic (exact) mass is 453 g/mol. The lowest BCUT2D eigenvalue weighted by Crippen LogP contribution is -2.49. The smallest absolute Gasteiger partial charge is 0.244 e. The van der Waals surface area contributed by atoms with Gasteiger partial charge in [0.05, 0.1) is 15.8 Å². The minimum absolute atomic E-state index is 0.0800. The molecular weight excluding hydrogens is 430 g/mol. The van der Waals surface area contributed by atoms with E-state index in [0.717, 1.165) is 28.9 Å². The highest BCUT2D eigenvalue weighted by Crippen LogP contribution is 2.40. The van der Waals surface area contributed by atoms with Crippen LogP contribution in [-0.2, 0) is 22.9 Å². The van der Waals surface area contributed by atoms with Gasteiger partial charge >= 0.3 is 0 Å². The largest absolute Gasteiger partial charge is 0.353 e. The second kappa shape index (κ2) is 7.86. The Bertz CT molecular complexity index is 1290. The number of rotatable bonds is 3. The molecule has 1 fully saturated rings. The van der Waals surface area contributed by atoms with Gasteiger partial charge in [0.25, 0.3) is 0 Å². The quantitative estimate of drug-likeness (QED) is 0.605. The first-order chi connectivity index (χ1) is 15.0. The fourth-order valence-corrected chi connectivity index (χ4v) is 7.47. The Kier molecular flexibility index (Phi) is 5.16. The van der Waals surface area contributed by atoms with Crippen LogP contribution in [0.5, 0.6) is 0 Å².